The van der Waals surface area contributed by atoms with Crippen LogP contribution in [0.25, 0.3) is 60.7 Å². The molecule has 0 fully saturated rings. The lowest BCUT2D eigenvalue weighted by Gasteiger charge is -2.26. The molecule has 0 bridgehead atoms. The maximum absolute atomic E-state index is 2.34. The van der Waals surface area contributed by atoms with Gasteiger partial charge in [-0.25, -0.2) is 0 Å². The van der Waals surface area contributed by atoms with E-state index in [2.05, 4.69) is 216 Å². The monoisotopic (exact) mass is 638 g/mol. The maximum atomic E-state index is 2.34. The minimum atomic E-state index is 1.11. The summed E-state index contributed by atoms with van der Waals surface area (Å²) >= 11 is 0. The first-order valence-electron chi connectivity index (χ1n) is 17.1. The van der Waals surface area contributed by atoms with Crippen LogP contribution >= 0.6 is 0 Å². The Balaban J connectivity index is 1.06. The molecule has 9 rings (SSSR count). The lowest BCUT2D eigenvalue weighted by atomic mass is 10.0. The van der Waals surface area contributed by atoms with Crippen LogP contribution in [0.2, 0.25) is 0 Å². The third kappa shape index (κ3) is 5.63. The highest BCUT2D eigenvalue weighted by Crippen LogP contribution is 2.38. The van der Waals surface area contributed by atoms with Gasteiger partial charge in [0.2, 0.25) is 0 Å². The van der Waals surface area contributed by atoms with Crippen LogP contribution in [0.15, 0.2) is 206 Å². The van der Waals surface area contributed by atoms with Gasteiger partial charge in [0.05, 0.1) is 5.52 Å². The Kier molecular flexibility index (Phi) is 7.53. The van der Waals surface area contributed by atoms with Gasteiger partial charge in [-0.05, 0) is 117 Å². The Hall–Kier alpha value is -6.64. The Morgan fingerprint density at radius 1 is 0.300 bits per heavy atom. The molecule has 0 N–H and O–H groups in total. The molecule has 0 aliphatic heterocycles. The van der Waals surface area contributed by atoms with Crippen LogP contribution in [0.3, 0.4) is 0 Å². The Bertz CT molecular complexity index is 2550. The minimum Gasteiger partial charge on any atom is -0.317 e. The second kappa shape index (κ2) is 12.8. The van der Waals surface area contributed by atoms with E-state index >= 15 is 0 Å². The van der Waals surface area contributed by atoms with Crippen molar-refractivity contribution >= 4 is 38.7 Å². The maximum Gasteiger partial charge on any atom is 0.0528 e. The number of aromatic nitrogens is 1. The van der Waals surface area contributed by atoms with E-state index in [-0.39, 0.29) is 0 Å². The summed E-state index contributed by atoms with van der Waals surface area (Å²) in [4.78, 5) is 2.34. The minimum absolute atomic E-state index is 1.11. The molecule has 2 nitrogen and oxygen atoms in total. The SMILES string of the molecule is c1ccc(-c2ccc(N(c3ccc(-c4ccc5ccccc5c4)cc3)c3ccc(-c4ccc5c(ccn5-c5ccccc5)c4)cc3)cc2)cc1. The van der Waals surface area contributed by atoms with Crippen molar-refractivity contribution in [3.63, 3.8) is 0 Å². The molecule has 0 amide bonds. The lowest BCUT2D eigenvalue weighted by Crippen LogP contribution is -2.09. The van der Waals surface area contributed by atoms with Crippen molar-refractivity contribution < 1.29 is 0 Å². The smallest absolute Gasteiger partial charge is 0.0528 e. The van der Waals surface area contributed by atoms with Gasteiger partial charge in [-0.1, -0.05) is 127 Å². The molecule has 50 heavy (non-hydrogen) atoms. The zero-order valence-corrected chi connectivity index (χ0v) is 27.5. The third-order valence-electron chi connectivity index (χ3n) is 9.62. The van der Waals surface area contributed by atoms with Crippen LogP contribution in [-0.2, 0) is 0 Å². The number of para-hydroxylation sites is 1. The first-order chi connectivity index (χ1) is 24.8. The predicted octanol–water partition coefficient (Wildman–Crippen LogP) is 13.3. The van der Waals surface area contributed by atoms with E-state index in [9.17, 15) is 0 Å². The zero-order chi connectivity index (χ0) is 33.3. The van der Waals surface area contributed by atoms with Gasteiger partial charge in [0.1, 0.15) is 0 Å². The van der Waals surface area contributed by atoms with Gasteiger partial charge in [-0.3, -0.25) is 0 Å². The highest BCUT2D eigenvalue weighted by atomic mass is 15.1. The van der Waals surface area contributed by atoms with E-state index in [4.69, 9.17) is 0 Å². The van der Waals surface area contributed by atoms with Crippen molar-refractivity contribution in [2.75, 3.05) is 4.90 Å². The van der Waals surface area contributed by atoms with Gasteiger partial charge >= 0.3 is 0 Å². The summed E-state index contributed by atoms with van der Waals surface area (Å²) < 4.78 is 2.24. The fourth-order valence-corrected chi connectivity index (χ4v) is 6.99. The van der Waals surface area contributed by atoms with Crippen molar-refractivity contribution in [1.29, 1.82) is 0 Å². The number of rotatable bonds is 7. The molecule has 1 aromatic heterocycles. The first-order valence-corrected chi connectivity index (χ1v) is 17.1. The second-order valence-electron chi connectivity index (χ2n) is 12.7. The van der Waals surface area contributed by atoms with Crippen LogP contribution in [-0.4, -0.2) is 4.57 Å². The standard InChI is InChI=1S/C48H34N2/c1-3-9-35(10-4-1)37-17-24-45(25-18-37)50(46-26-19-38(20-27-46)41-16-15-36-11-7-8-12-40(36)33-41)47-28-21-39(22-29-47)42-23-30-48-43(34-42)31-32-49(48)44-13-5-2-6-14-44/h1-34H. The fraction of sp³-hybridized carbons (Fsp3) is 0. The van der Waals surface area contributed by atoms with Crippen LogP contribution in [0.5, 0.6) is 0 Å². The third-order valence-corrected chi connectivity index (χ3v) is 9.62. The molecule has 0 atom stereocenters. The van der Waals surface area contributed by atoms with Crippen molar-refractivity contribution in [2.45, 2.75) is 0 Å². The number of benzene rings is 8. The topological polar surface area (TPSA) is 8.17 Å². The lowest BCUT2D eigenvalue weighted by molar-refractivity contribution is 1.13. The number of anilines is 3. The molecule has 0 radical (unpaired) electrons. The summed E-state index contributed by atoms with van der Waals surface area (Å²) in [6, 6.07) is 71.9. The first kappa shape index (κ1) is 29.5. The van der Waals surface area contributed by atoms with Gasteiger partial charge in [0.15, 0.2) is 0 Å². The second-order valence-corrected chi connectivity index (χ2v) is 12.7. The van der Waals surface area contributed by atoms with Crippen molar-refractivity contribution in [3.05, 3.63) is 206 Å². The van der Waals surface area contributed by atoms with Crippen LogP contribution in [0.1, 0.15) is 0 Å². The predicted molar refractivity (Wildman–Crippen MR) is 212 cm³/mol. The molecular weight excluding hydrogens is 605 g/mol. The Labute approximate surface area is 292 Å². The van der Waals surface area contributed by atoms with Crippen molar-refractivity contribution in [2.24, 2.45) is 0 Å². The van der Waals surface area contributed by atoms with E-state index in [1.54, 1.807) is 0 Å². The van der Waals surface area contributed by atoms with Gasteiger partial charge in [-0.15, -0.1) is 0 Å². The summed E-state index contributed by atoms with van der Waals surface area (Å²) in [5.74, 6) is 0. The largest absolute Gasteiger partial charge is 0.317 e. The number of nitrogens with zero attached hydrogens (tertiary/aromatic N) is 2. The average molecular weight is 639 g/mol. The van der Waals surface area contributed by atoms with E-state index < -0.39 is 0 Å². The molecule has 9 aromatic rings. The molecule has 0 aliphatic rings. The van der Waals surface area contributed by atoms with Gasteiger partial charge in [-0.2, -0.15) is 0 Å². The van der Waals surface area contributed by atoms with Gasteiger partial charge in [0, 0.05) is 34.3 Å². The molecule has 0 spiro atoms. The number of hydrogen-bond acceptors (Lipinski definition) is 1. The molecule has 2 heteroatoms. The summed E-state index contributed by atoms with van der Waals surface area (Å²) in [5.41, 5.74) is 12.9. The molecule has 1 heterocycles. The summed E-state index contributed by atoms with van der Waals surface area (Å²) in [7, 11) is 0. The number of hydrogen-bond donors (Lipinski definition) is 0. The van der Waals surface area contributed by atoms with E-state index in [0.29, 0.717) is 0 Å². The molecule has 0 aliphatic carbocycles. The normalized spacial score (nSPS) is 11.2. The quantitative estimate of drug-likeness (QED) is 0.169. The van der Waals surface area contributed by atoms with E-state index in [1.807, 2.05) is 0 Å². The van der Waals surface area contributed by atoms with E-state index in [1.165, 1.54) is 60.7 Å². The van der Waals surface area contributed by atoms with Crippen LogP contribution in [0.4, 0.5) is 17.1 Å². The summed E-state index contributed by atoms with van der Waals surface area (Å²) in [5, 5.41) is 3.73. The Morgan fingerprint density at radius 2 is 0.740 bits per heavy atom. The molecule has 0 unspecified atom stereocenters. The zero-order valence-electron chi connectivity index (χ0n) is 27.5. The van der Waals surface area contributed by atoms with E-state index in [0.717, 1.165) is 17.1 Å². The average Bonchev–Trinajstić information content (AvgIpc) is 3.63. The summed E-state index contributed by atoms with van der Waals surface area (Å²) in [6.07, 6.45) is 2.15. The molecular formula is C48H34N2. The highest BCUT2D eigenvalue weighted by Gasteiger charge is 2.14. The van der Waals surface area contributed by atoms with Gasteiger partial charge < -0.3 is 9.47 Å². The molecule has 0 saturated carbocycles. The highest BCUT2D eigenvalue weighted by molar-refractivity contribution is 5.89. The Morgan fingerprint density at radius 3 is 1.34 bits per heavy atom. The fourth-order valence-electron chi connectivity index (χ4n) is 6.99. The van der Waals surface area contributed by atoms with Crippen molar-refractivity contribution in [3.8, 4) is 39.1 Å². The molecule has 236 valence electrons. The van der Waals surface area contributed by atoms with Gasteiger partial charge in [0.25, 0.3) is 0 Å². The summed E-state index contributed by atoms with van der Waals surface area (Å²) in [6.45, 7) is 0. The molecule has 0 saturated heterocycles. The van der Waals surface area contributed by atoms with Crippen molar-refractivity contribution in [1.82, 2.24) is 4.57 Å². The molecule has 8 aromatic carbocycles. The van der Waals surface area contributed by atoms with Crippen LogP contribution in [0, 0.1) is 0 Å². The van der Waals surface area contributed by atoms with Crippen LogP contribution < -0.4 is 4.90 Å². The number of fused-ring (bicyclic) bond motifs is 2.